The van der Waals surface area contributed by atoms with Gasteiger partial charge in [-0.2, -0.15) is 13.2 Å². The number of amides is 1. The molecule has 168 valence electrons. The monoisotopic (exact) mass is 469 g/mol. The molecule has 3 aromatic rings. The van der Waals surface area contributed by atoms with Crippen LogP contribution in [0.1, 0.15) is 16.7 Å². The molecule has 0 radical (unpaired) electrons. The third-order valence-electron chi connectivity index (χ3n) is 5.12. The summed E-state index contributed by atoms with van der Waals surface area (Å²) in [4.78, 5) is 20.9. The Hall–Kier alpha value is -3.58. The number of amidine groups is 1. The van der Waals surface area contributed by atoms with Gasteiger partial charge < -0.3 is 4.90 Å². The van der Waals surface area contributed by atoms with Crippen LogP contribution in [0.4, 0.5) is 24.5 Å². The maximum absolute atomic E-state index is 13.4. The number of hydrogen-bond donors (Lipinski definition) is 0. The van der Waals surface area contributed by atoms with Gasteiger partial charge in [0.25, 0.3) is 5.91 Å². The van der Waals surface area contributed by atoms with Crippen LogP contribution >= 0.6 is 11.6 Å². The Morgan fingerprint density at radius 1 is 0.970 bits per heavy atom. The van der Waals surface area contributed by atoms with Gasteiger partial charge in [-0.05, 0) is 42.0 Å². The summed E-state index contributed by atoms with van der Waals surface area (Å²) in [7, 11) is 3.77. The van der Waals surface area contributed by atoms with Crippen molar-refractivity contribution in [1.29, 1.82) is 0 Å². The molecule has 33 heavy (non-hydrogen) atoms. The van der Waals surface area contributed by atoms with Crippen LogP contribution in [0.5, 0.6) is 0 Å². The number of carbonyl (C=O) groups excluding carboxylic acids is 1. The minimum Gasteiger partial charge on any atom is -0.378 e. The number of benzene rings is 3. The molecule has 0 bridgehead atoms. The quantitative estimate of drug-likeness (QED) is 0.423. The van der Waals surface area contributed by atoms with E-state index in [1.165, 1.54) is 17.0 Å². The maximum Gasteiger partial charge on any atom is 0.416 e. The smallest absolute Gasteiger partial charge is 0.378 e. The molecule has 0 fully saturated rings. The molecule has 1 amide bonds. The first kappa shape index (κ1) is 22.6. The summed E-state index contributed by atoms with van der Waals surface area (Å²) in [6.07, 6.45) is -3.00. The Labute approximate surface area is 194 Å². The van der Waals surface area contributed by atoms with Crippen molar-refractivity contribution in [2.24, 2.45) is 4.99 Å². The molecule has 0 saturated heterocycles. The predicted molar refractivity (Wildman–Crippen MR) is 126 cm³/mol. The second-order valence-electron chi connectivity index (χ2n) is 7.62. The second-order valence-corrected chi connectivity index (χ2v) is 8.03. The number of carbonyl (C=O) groups is 1. The van der Waals surface area contributed by atoms with Gasteiger partial charge in [-0.25, -0.2) is 4.99 Å². The van der Waals surface area contributed by atoms with Gasteiger partial charge >= 0.3 is 6.18 Å². The number of rotatable bonds is 4. The molecule has 4 rings (SSSR count). The van der Waals surface area contributed by atoms with E-state index in [9.17, 15) is 18.0 Å². The molecule has 0 atom stereocenters. The molecule has 0 saturated carbocycles. The predicted octanol–water partition coefficient (Wildman–Crippen LogP) is 6.26. The summed E-state index contributed by atoms with van der Waals surface area (Å²) < 4.78 is 39.9. The molecule has 1 aliphatic heterocycles. The maximum atomic E-state index is 13.4. The van der Waals surface area contributed by atoms with Crippen LogP contribution < -0.4 is 9.80 Å². The molecule has 0 aliphatic carbocycles. The lowest BCUT2D eigenvalue weighted by Gasteiger charge is -2.20. The highest BCUT2D eigenvalue weighted by Crippen LogP contribution is 2.35. The van der Waals surface area contributed by atoms with Crippen LogP contribution in [-0.2, 0) is 11.0 Å². The fraction of sp³-hybridized carbons (Fsp3) is 0.120. The highest BCUT2D eigenvalue weighted by molar-refractivity contribution is 6.34. The minimum absolute atomic E-state index is 0.0748. The lowest BCUT2D eigenvalue weighted by atomic mass is 10.1. The second kappa shape index (κ2) is 8.75. The number of halogens is 4. The van der Waals surface area contributed by atoms with Crippen LogP contribution in [-0.4, -0.2) is 25.8 Å². The van der Waals surface area contributed by atoms with E-state index in [0.29, 0.717) is 16.1 Å². The normalized spacial score (nSPS) is 15.2. The SMILES string of the molecule is CN(C)c1ccc(/C=C2/N=C(c3ccccc3)N(c3cccc(C(F)(F)F)c3)C2=O)c(Cl)c1. The fourth-order valence-corrected chi connectivity index (χ4v) is 3.65. The van der Waals surface area contributed by atoms with Crippen molar-refractivity contribution in [3.63, 3.8) is 0 Å². The zero-order valence-electron chi connectivity index (χ0n) is 17.8. The number of hydrogen-bond acceptors (Lipinski definition) is 3. The average molecular weight is 470 g/mol. The van der Waals surface area contributed by atoms with Gasteiger partial charge in [0.15, 0.2) is 0 Å². The first-order chi connectivity index (χ1) is 15.6. The van der Waals surface area contributed by atoms with Crippen LogP contribution in [0.2, 0.25) is 5.02 Å². The molecule has 3 aromatic carbocycles. The average Bonchev–Trinajstić information content (AvgIpc) is 3.11. The molecule has 0 unspecified atom stereocenters. The van der Waals surface area contributed by atoms with Crippen molar-refractivity contribution in [3.8, 4) is 0 Å². The molecule has 1 aliphatic rings. The van der Waals surface area contributed by atoms with Gasteiger partial charge in [0.1, 0.15) is 11.5 Å². The molecule has 0 N–H and O–H groups in total. The van der Waals surface area contributed by atoms with E-state index in [-0.39, 0.29) is 17.2 Å². The van der Waals surface area contributed by atoms with E-state index >= 15 is 0 Å². The van der Waals surface area contributed by atoms with Crippen LogP contribution in [0, 0.1) is 0 Å². The van der Waals surface area contributed by atoms with Crippen LogP contribution in [0.15, 0.2) is 83.5 Å². The standard InChI is InChI=1S/C25H19ClF3N3O/c1-31(2)19-12-11-17(21(26)15-19)13-22-24(33)32(23(30-22)16-7-4-3-5-8-16)20-10-6-9-18(14-20)25(27,28)29/h3-15H,1-2H3/b22-13+. The lowest BCUT2D eigenvalue weighted by molar-refractivity contribution is -0.137. The lowest BCUT2D eigenvalue weighted by Crippen LogP contribution is -2.32. The van der Waals surface area contributed by atoms with Gasteiger partial charge in [-0.3, -0.25) is 9.69 Å². The zero-order chi connectivity index (χ0) is 23.8. The van der Waals surface area contributed by atoms with Crippen LogP contribution in [0.3, 0.4) is 0 Å². The molecule has 4 nitrogen and oxygen atoms in total. The largest absolute Gasteiger partial charge is 0.416 e. The van der Waals surface area contributed by atoms with E-state index in [4.69, 9.17) is 11.6 Å². The van der Waals surface area contributed by atoms with Gasteiger partial charge in [0, 0.05) is 30.4 Å². The molecule has 0 spiro atoms. The summed E-state index contributed by atoms with van der Waals surface area (Å²) in [6.45, 7) is 0. The Balaban J connectivity index is 1.82. The van der Waals surface area contributed by atoms with E-state index in [0.717, 1.165) is 17.8 Å². The Morgan fingerprint density at radius 2 is 1.70 bits per heavy atom. The van der Waals surface area contributed by atoms with E-state index in [1.807, 2.05) is 25.1 Å². The Kier molecular flexibility index (Phi) is 5.99. The molecular formula is C25H19ClF3N3O. The number of nitrogens with zero attached hydrogens (tertiary/aromatic N) is 3. The van der Waals surface area contributed by atoms with Crippen molar-refractivity contribution in [1.82, 2.24) is 0 Å². The summed E-state index contributed by atoms with van der Waals surface area (Å²) in [6, 6.07) is 18.8. The Morgan fingerprint density at radius 3 is 2.33 bits per heavy atom. The van der Waals surface area contributed by atoms with Crippen molar-refractivity contribution in [3.05, 3.63) is 100 Å². The fourth-order valence-electron chi connectivity index (χ4n) is 3.42. The Bertz CT molecular complexity index is 1270. The highest BCUT2D eigenvalue weighted by Gasteiger charge is 2.35. The highest BCUT2D eigenvalue weighted by atomic mass is 35.5. The van der Waals surface area contributed by atoms with Crippen LogP contribution in [0.25, 0.3) is 6.08 Å². The van der Waals surface area contributed by atoms with Gasteiger partial charge in [-0.1, -0.05) is 54.1 Å². The number of alkyl halides is 3. The van der Waals surface area contributed by atoms with Gasteiger partial charge in [0.05, 0.1) is 11.3 Å². The van der Waals surface area contributed by atoms with Crippen molar-refractivity contribution in [2.75, 3.05) is 23.9 Å². The molecular weight excluding hydrogens is 451 g/mol. The van der Waals surface area contributed by atoms with Gasteiger partial charge in [-0.15, -0.1) is 0 Å². The number of aliphatic imine (C=N–C) groups is 1. The minimum atomic E-state index is -4.54. The van der Waals surface area contributed by atoms with E-state index < -0.39 is 17.6 Å². The summed E-state index contributed by atoms with van der Waals surface area (Å²) >= 11 is 6.41. The summed E-state index contributed by atoms with van der Waals surface area (Å²) in [5, 5.41) is 0.426. The van der Waals surface area contributed by atoms with Crippen molar-refractivity contribution >= 4 is 40.8 Å². The summed E-state index contributed by atoms with van der Waals surface area (Å²) in [5.74, 6) is -0.298. The summed E-state index contributed by atoms with van der Waals surface area (Å²) in [5.41, 5.74) is 1.37. The third kappa shape index (κ3) is 4.64. The third-order valence-corrected chi connectivity index (χ3v) is 5.44. The van der Waals surface area contributed by atoms with Crippen molar-refractivity contribution < 1.29 is 18.0 Å². The molecule has 0 aromatic heterocycles. The molecule has 8 heteroatoms. The first-order valence-corrected chi connectivity index (χ1v) is 10.4. The zero-order valence-corrected chi connectivity index (χ0v) is 18.5. The first-order valence-electron chi connectivity index (χ1n) is 9.99. The van der Waals surface area contributed by atoms with Crippen molar-refractivity contribution in [2.45, 2.75) is 6.18 Å². The van der Waals surface area contributed by atoms with E-state index in [2.05, 4.69) is 4.99 Å². The van der Waals surface area contributed by atoms with Gasteiger partial charge in [0.2, 0.25) is 0 Å². The molecule has 1 heterocycles. The van der Waals surface area contributed by atoms with E-state index in [1.54, 1.807) is 48.5 Å². The topological polar surface area (TPSA) is 35.9 Å². The number of anilines is 2.